The average molecular weight is 383 g/mol. The summed E-state index contributed by atoms with van der Waals surface area (Å²) in [6.07, 6.45) is 7.55. The maximum atomic E-state index is 4.74. The van der Waals surface area contributed by atoms with Crippen LogP contribution in [0.25, 0.3) is 62.7 Å². The number of aromatic amines is 1. The van der Waals surface area contributed by atoms with Crippen LogP contribution < -0.4 is 0 Å². The molecule has 0 atom stereocenters. The SMILES string of the molecule is c1cnc2sc3cnc4c5ncc6sc7ncccc7c6c5[nH]c4c3c2c1. The lowest BCUT2D eigenvalue weighted by Crippen LogP contribution is -1.78. The zero-order valence-electron chi connectivity index (χ0n) is 13.7. The summed E-state index contributed by atoms with van der Waals surface area (Å²) >= 11 is 3.34. The van der Waals surface area contributed by atoms with Gasteiger partial charge in [0.15, 0.2) is 0 Å². The van der Waals surface area contributed by atoms with E-state index >= 15 is 0 Å². The lowest BCUT2D eigenvalue weighted by Gasteiger charge is -1.93. The molecule has 5 nitrogen and oxygen atoms in total. The van der Waals surface area contributed by atoms with Crippen molar-refractivity contribution < 1.29 is 0 Å². The van der Waals surface area contributed by atoms with Crippen LogP contribution in [-0.2, 0) is 0 Å². The normalized spacial score (nSPS) is 12.4. The van der Waals surface area contributed by atoms with Crippen LogP contribution in [0.5, 0.6) is 0 Å². The summed E-state index contributed by atoms with van der Waals surface area (Å²) in [7, 11) is 0. The molecule has 0 saturated heterocycles. The summed E-state index contributed by atoms with van der Waals surface area (Å²) in [6.45, 7) is 0. The molecule has 7 heteroatoms. The number of hydrogen-bond donors (Lipinski definition) is 1. The molecule has 1 N–H and O–H groups in total. The van der Waals surface area contributed by atoms with Crippen molar-refractivity contribution in [1.82, 2.24) is 24.9 Å². The Morgan fingerprint density at radius 1 is 0.667 bits per heavy atom. The first-order chi connectivity index (χ1) is 13.4. The molecule has 0 radical (unpaired) electrons. The Kier molecular flexibility index (Phi) is 2.46. The molecule has 7 rings (SSSR count). The van der Waals surface area contributed by atoms with E-state index in [0.29, 0.717) is 0 Å². The minimum atomic E-state index is 0.909. The van der Waals surface area contributed by atoms with E-state index in [0.717, 1.165) is 51.9 Å². The molecule has 0 fully saturated rings. The summed E-state index contributed by atoms with van der Waals surface area (Å²) in [5.41, 5.74) is 3.88. The predicted octanol–water partition coefficient (Wildman–Crippen LogP) is 5.64. The van der Waals surface area contributed by atoms with Gasteiger partial charge in [0.2, 0.25) is 0 Å². The molecule has 126 valence electrons. The predicted molar refractivity (Wildman–Crippen MR) is 113 cm³/mol. The number of aromatic nitrogens is 5. The number of pyridine rings is 4. The Morgan fingerprint density at radius 2 is 1.19 bits per heavy atom. The zero-order chi connectivity index (χ0) is 17.5. The molecule has 7 aromatic heterocycles. The van der Waals surface area contributed by atoms with Crippen molar-refractivity contribution in [3.63, 3.8) is 0 Å². The summed E-state index contributed by atoms with van der Waals surface area (Å²) in [4.78, 5) is 24.2. The standard InChI is InChI=1S/C20H9N5S2/c1-3-9-13-11(26-19(9)21-5-1)7-23-17-15(13)25-16-14-10-4-2-6-22-20(10)27-12(14)8-24-18(16)17/h1-8,25H. The molecule has 7 heterocycles. The van der Waals surface area contributed by atoms with Gasteiger partial charge in [-0.25, -0.2) is 9.97 Å². The Morgan fingerprint density at radius 3 is 1.70 bits per heavy atom. The highest BCUT2D eigenvalue weighted by Gasteiger charge is 2.18. The van der Waals surface area contributed by atoms with Crippen molar-refractivity contribution in [3.8, 4) is 0 Å². The fourth-order valence-electron chi connectivity index (χ4n) is 3.94. The third kappa shape index (κ3) is 1.68. The minimum Gasteiger partial charge on any atom is -0.351 e. The van der Waals surface area contributed by atoms with Crippen molar-refractivity contribution >= 4 is 85.3 Å². The van der Waals surface area contributed by atoms with Gasteiger partial charge in [-0.05, 0) is 24.3 Å². The molecular weight excluding hydrogens is 374 g/mol. The van der Waals surface area contributed by atoms with Gasteiger partial charge in [0.25, 0.3) is 0 Å². The number of nitrogens with zero attached hydrogens (tertiary/aromatic N) is 4. The third-order valence-electron chi connectivity index (χ3n) is 5.06. The first-order valence-electron chi connectivity index (χ1n) is 8.48. The van der Waals surface area contributed by atoms with E-state index in [2.05, 4.69) is 27.1 Å². The summed E-state index contributed by atoms with van der Waals surface area (Å²) in [6, 6.07) is 8.22. The number of H-pyrrole nitrogens is 1. The van der Waals surface area contributed by atoms with Crippen LogP contribution in [0.4, 0.5) is 0 Å². The van der Waals surface area contributed by atoms with E-state index in [1.165, 1.54) is 10.8 Å². The van der Waals surface area contributed by atoms with E-state index < -0.39 is 0 Å². The largest absolute Gasteiger partial charge is 0.351 e. The first-order valence-corrected chi connectivity index (χ1v) is 10.1. The highest BCUT2D eigenvalue weighted by Crippen LogP contribution is 2.41. The van der Waals surface area contributed by atoms with Gasteiger partial charge in [-0.15, -0.1) is 22.7 Å². The maximum Gasteiger partial charge on any atom is 0.124 e. The summed E-state index contributed by atoms with van der Waals surface area (Å²) in [5.74, 6) is 0. The van der Waals surface area contributed by atoms with E-state index in [1.54, 1.807) is 22.7 Å². The summed E-state index contributed by atoms with van der Waals surface area (Å²) < 4.78 is 2.27. The van der Waals surface area contributed by atoms with Crippen molar-refractivity contribution in [2.45, 2.75) is 0 Å². The second-order valence-electron chi connectivity index (χ2n) is 6.48. The Hall–Kier alpha value is -3.16. The van der Waals surface area contributed by atoms with Crippen LogP contribution in [0.1, 0.15) is 0 Å². The van der Waals surface area contributed by atoms with Crippen LogP contribution in [0, 0.1) is 0 Å². The first kappa shape index (κ1) is 14.0. The number of rotatable bonds is 0. The van der Waals surface area contributed by atoms with Crippen LogP contribution in [0.3, 0.4) is 0 Å². The van der Waals surface area contributed by atoms with Gasteiger partial charge in [0, 0.05) is 46.3 Å². The molecular formula is C20H9N5S2. The molecule has 0 aromatic carbocycles. The van der Waals surface area contributed by atoms with E-state index in [4.69, 9.17) is 9.97 Å². The number of hydrogen-bond acceptors (Lipinski definition) is 6. The smallest absolute Gasteiger partial charge is 0.124 e. The van der Waals surface area contributed by atoms with Gasteiger partial charge >= 0.3 is 0 Å². The second kappa shape index (κ2) is 4.76. The van der Waals surface area contributed by atoms with Gasteiger partial charge < -0.3 is 4.98 Å². The van der Waals surface area contributed by atoms with Crippen LogP contribution in [0.15, 0.2) is 49.1 Å². The highest BCUT2D eigenvalue weighted by molar-refractivity contribution is 7.26. The molecule has 0 unspecified atom stereocenters. The topological polar surface area (TPSA) is 67.3 Å². The highest BCUT2D eigenvalue weighted by atomic mass is 32.1. The molecule has 0 aliphatic carbocycles. The van der Waals surface area contributed by atoms with Crippen molar-refractivity contribution in [2.24, 2.45) is 0 Å². The quantitative estimate of drug-likeness (QED) is 0.368. The summed E-state index contributed by atoms with van der Waals surface area (Å²) in [5, 5.41) is 4.67. The Labute approximate surface area is 159 Å². The average Bonchev–Trinajstić information content (AvgIpc) is 3.37. The molecule has 0 spiro atoms. The van der Waals surface area contributed by atoms with Gasteiger partial charge in [-0.2, -0.15) is 0 Å². The lowest BCUT2D eigenvalue weighted by atomic mass is 10.2. The number of fused-ring (bicyclic) bond motifs is 11. The molecule has 0 aliphatic heterocycles. The second-order valence-corrected chi connectivity index (χ2v) is 8.54. The van der Waals surface area contributed by atoms with Gasteiger partial charge in [0.05, 0.1) is 20.4 Å². The van der Waals surface area contributed by atoms with Crippen LogP contribution in [0.2, 0.25) is 0 Å². The van der Waals surface area contributed by atoms with Crippen molar-refractivity contribution in [1.29, 1.82) is 0 Å². The maximum absolute atomic E-state index is 4.74. The van der Waals surface area contributed by atoms with Gasteiger partial charge in [-0.3, -0.25) is 9.97 Å². The van der Waals surface area contributed by atoms with Crippen molar-refractivity contribution in [2.75, 3.05) is 0 Å². The Bertz CT molecular complexity index is 1560. The number of thiophene rings is 2. The molecule has 0 aliphatic rings. The fourth-order valence-corrected chi connectivity index (χ4v) is 5.98. The minimum absolute atomic E-state index is 0.909. The molecule has 7 aromatic rings. The number of nitrogens with one attached hydrogen (secondary N) is 1. The zero-order valence-corrected chi connectivity index (χ0v) is 15.4. The lowest BCUT2D eigenvalue weighted by molar-refractivity contribution is 1.43. The van der Waals surface area contributed by atoms with E-state index in [1.807, 2.05) is 36.9 Å². The Balaban J connectivity index is 1.78. The van der Waals surface area contributed by atoms with Gasteiger partial charge in [-0.1, -0.05) is 0 Å². The molecule has 0 saturated carbocycles. The molecule has 0 amide bonds. The van der Waals surface area contributed by atoms with Crippen LogP contribution in [-0.4, -0.2) is 24.9 Å². The van der Waals surface area contributed by atoms with E-state index in [9.17, 15) is 0 Å². The van der Waals surface area contributed by atoms with E-state index in [-0.39, 0.29) is 0 Å². The van der Waals surface area contributed by atoms with Crippen molar-refractivity contribution in [3.05, 3.63) is 49.1 Å². The van der Waals surface area contributed by atoms with Gasteiger partial charge in [0.1, 0.15) is 20.7 Å². The molecule has 0 bridgehead atoms. The monoisotopic (exact) mass is 383 g/mol. The fraction of sp³-hybridized carbons (Fsp3) is 0. The molecule has 27 heavy (non-hydrogen) atoms. The van der Waals surface area contributed by atoms with Crippen LogP contribution >= 0.6 is 22.7 Å². The third-order valence-corrected chi connectivity index (χ3v) is 7.15.